The molecule has 0 fully saturated rings. The Labute approximate surface area is 106 Å². The van der Waals surface area contributed by atoms with Crippen LogP contribution in [0, 0.1) is 0 Å². The number of H-pyrrole nitrogens is 1. The number of hydrogen-bond donors (Lipinski definition) is 1. The lowest BCUT2D eigenvalue weighted by molar-refractivity contribution is -0.137. The van der Waals surface area contributed by atoms with Gasteiger partial charge in [-0.1, -0.05) is 12.1 Å². The van der Waals surface area contributed by atoms with Crippen molar-refractivity contribution in [2.45, 2.75) is 6.18 Å². The first kappa shape index (κ1) is 11.7. The van der Waals surface area contributed by atoms with Gasteiger partial charge in [0.2, 0.25) is 0 Å². The molecule has 0 saturated carbocycles. The number of rotatable bonds is 1. The van der Waals surface area contributed by atoms with E-state index in [-0.39, 0.29) is 0 Å². The van der Waals surface area contributed by atoms with Crippen LogP contribution in [0.3, 0.4) is 0 Å². The lowest BCUT2D eigenvalue weighted by atomic mass is 10.1. The Kier molecular flexibility index (Phi) is 2.51. The molecule has 2 heterocycles. The van der Waals surface area contributed by atoms with Crippen LogP contribution in [0.5, 0.6) is 0 Å². The van der Waals surface area contributed by atoms with Crippen molar-refractivity contribution in [1.82, 2.24) is 15.2 Å². The normalized spacial score (nSPS) is 11.9. The Morgan fingerprint density at radius 1 is 1.00 bits per heavy atom. The summed E-state index contributed by atoms with van der Waals surface area (Å²) in [5.74, 6) is 0. The molecule has 0 bridgehead atoms. The van der Waals surface area contributed by atoms with Gasteiger partial charge in [0.05, 0.1) is 11.1 Å². The molecule has 0 amide bonds. The van der Waals surface area contributed by atoms with E-state index in [4.69, 9.17) is 0 Å². The fourth-order valence-electron chi connectivity index (χ4n) is 1.89. The van der Waals surface area contributed by atoms with E-state index in [0.29, 0.717) is 11.3 Å². The zero-order chi connectivity index (χ0) is 13.5. The molecular weight excluding hydrogens is 255 g/mol. The minimum atomic E-state index is -4.33. The Morgan fingerprint density at radius 3 is 2.42 bits per heavy atom. The molecule has 0 radical (unpaired) electrons. The van der Waals surface area contributed by atoms with Crippen molar-refractivity contribution in [2.24, 2.45) is 0 Å². The van der Waals surface area contributed by atoms with Crippen LogP contribution in [0.15, 0.2) is 42.7 Å². The summed E-state index contributed by atoms with van der Waals surface area (Å²) >= 11 is 0. The highest BCUT2D eigenvalue weighted by atomic mass is 19.4. The van der Waals surface area contributed by atoms with Gasteiger partial charge < -0.3 is 0 Å². The second-order valence-electron chi connectivity index (χ2n) is 4.07. The lowest BCUT2D eigenvalue weighted by Gasteiger charge is -2.06. The van der Waals surface area contributed by atoms with Crippen molar-refractivity contribution in [3.8, 4) is 11.3 Å². The van der Waals surface area contributed by atoms with Gasteiger partial charge in [0.25, 0.3) is 0 Å². The summed E-state index contributed by atoms with van der Waals surface area (Å²) in [5.41, 5.74) is 1.34. The number of alkyl halides is 3. The third-order valence-electron chi connectivity index (χ3n) is 2.85. The number of fused-ring (bicyclic) bond motifs is 1. The van der Waals surface area contributed by atoms with E-state index in [2.05, 4.69) is 15.2 Å². The highest BCUT2D eigenvalue weighted by Crippen LogP contribution is 2.32. The van der Waals surface area contributed by atoms with Crippen molar-refractivity contribution in [3.63, 3.8) is 0 Å². The fourth-order valence-corrected chi connectivity index (χ4v) is 1.89. The van der Waals surface area contributed by atoms with Crippen molar-refractivity contribution >= 4 is 10.9 Å². The average molecular weight is 263 g/mol. The van der Waals surface area contributed by atoms with Gasteiger partial charge in [-0.3, -0.25) is 10.1 Å². The van der Waals surface area contributed by atoms with Gasteiger partial charge >= 0.3 is 6.18 Å². The van der Waals surface area contributed by atoms with Crippen LogP contribution >= 0.6 is 0 Å². The van der Waals surface area contributed by atoms with Gasteiger partial charge in [-0.05, 0) is 18.2 Å². The number of nitrogens with zero attached hydrogens (tertiary/aromatic N) is 2. The first-order valence-corrected chi connectivity index (χ1v) is 5.51. The summed E-state index contributed by atoms with van der Waals surface area (Å²) in [6, 6.07) is 6.67. The molecule has 3 nitrogen and oxygen atoms in total. The quantitative estimate of drug-likeness (QED) is 0.728. The van der Waals surface area contributed by atoms with Crippen LogP contribution in [0.1, 0.15) is 5.56 Å². The highest BCUT2D eigenvalue weighted by Gasteiger charge is 2.30. The maximum atomic E-state index is 12.5. The molecule has 6 heteroatoms. The first-order chi connectivity index (χ1) is 9.05. The van der Waals surface area contributed by atoms with Gasteiger partial charge in [-0.25, -0.2) is 0 Å². The van der Waals surface area contributed by atoms with Crippen molar-refractivity contribution in [2.75, 3.05) is 0 Å². The number of benzene rings is 1. The molecule has 1 aromatic carbocycles. The Bertz CT molecular complexity index is 714. The molecule has 0 aliphatic rings. The van der Waals surface area contributed by atoms with Crippen LogP contribution in [0.4, 0.5) is 13.2 Å². The highest BCUT2D eigenvalue weighted by molar-refractivity contribution is 5.91. The van der Waals surface area contributed by atoms with Crippen LogP contribution in [-0.2, 0) is 6.18 Å². The smallest absolute Gasteiger partial charge is 0.277 e. The molecular formula is C13H8F3N3. The zero-order valence-electron chi connectivity index (χ0n) is 9.57. The molecule has 1 N–H and O–H groups in total. The molecule has 0 saturated heterocycles. The molecule has 0 atom stereocenters. The molecule has 96 valence electrons. The van der Waals surface area contributed by atoms with Crippen molar-refractivity contribution < 1.29 is 13.2 Å². The number of pyridine rings is 1. The van der Waals surface area contributed by atoms with E-state index in [0.717, 1.165) is 23.0 Å². The monoisotopic (exact) mass is 263 g/mol. The number of halogens is 3. The third kappa shape index (κ3) is 2.05. The van der Waals surface area contributed by atoms with Gasteiger partial charge in [0.15, 0.2) is 0 Å². The maximum Gasteiger partial charge on any atom is 0.416 e. The van der Waals surface area contributed by atoms with Crippen LogP contribution in [0.2, 0.25) is 0 Å². The molecule has 3 aromatic rings. The average Bonchev–Trinajstić information content (AvgIpc) is 2.82. The number of hydrogen-bond acceptors (Lipinski definition) is 2. The molecule has 2 aromatic heterocycles. The Balaban J connectivity index is 2.07. The third-order valence-corrected chi connectivity index (χ3v) is 2.85. The summed E-state index contributed by atoms with van der Waals surface area (Å²) in [4.78, 5) is 3.99. The first-order valence-electron chi connectivity index (χ1n) is 5.51. The van der Waals surface area contributed by atoms with Crippen molar-refractivity contribution in [1.29, 1.82) is 0 Å². The summed E-state index contributed by atoms with van der Waals surface area (Å²) < 4.78 is 37.4. The summed E-state index contributed by atoms with van der Waals surface area (Å²) in [5, 5.41) is 7.71. The molecule has 19 heavy (non-hydrogen) atoms. The molecule has 0 spiro atoms. The zero-order valence-corrected chi connectivity index (χ0v) is 9.57. The second kappa shape index (κ2) is 4.08. The largest absolute Gasteiger partial charge is 0.416 e. The van der Waals surface area contributed by atoms with Gasteiger partial charge in [-0.2, -0.15) is 18.3 Å². The molecule has 0 unspecified atom stereocenters. The van der Waals surface area contributed by atoms with Crippen LogP contribution in [-0.4, -0.2) is 15.2 Å². The fraction of sp³-hybridized carbons (Fsp3) is 0.0769. The summed E-state index contributed by atoms with van der Waals surface area (Å²) in [7, 11) is 0. The van der Waals surface area contributed by atoms with Crippen molar-refractivity contribution in [3.05, 3.63) is 48.3 Å². The van der Waals surface area contributed by atoms with E-state index in [1.807, 2.05) is 0 Å². The van der Waals surface area contributed by atoms with E-state index >= 15 is 0 Å². The molecule has 3 rings (SSSR count). The molecule has 0 aliphatic carbocycles. The topological polar surface area (TPSA) is 41.6 Å². The van der Waals surface area contributed by atoms with Crippen LogP contribution < -0.4 is 0 Å². The van der Waals surface area contributed by atoms with Gasteiger partial charge in [-0.15, -0.1) is 0 Å². The van der Waals surface area contributed by atoms with E-state index in [1.165, 1.54) is 12.1 Å². The van der Waals surface area contributed by atoms with E-state index < -0.39 is 11.7 Å². The number of aromatic nitrogens is 3. The number of aromatic amines is 1. The second-order valence-corrected chi connectivity index (χ2v) is 4.07. The standard InChI is InChI=1S/C13H8F3N3/c14-13(15,16)9-3-1-8(2-4-9)12-10-7-17-6-5-11(10)18-19-12/h1-7H,(H,18,19). The predicted molar refractivity (Wildman–Crippen MR) is 64.3 cm³/mol. The van der Waals surface area contributed by atoms with E-state index in [1.54, 1.807) is 18.5 Å². The number of nitrogens with one attached hydrogen (secondary N) is 1. The minimum absolute atomic E-state index is 0.594. The van der Waals surface area contributed by atoms with Crippen LogP contribution in [0.25, 0.3) is 22.2 Å². The van der Waals surface area contributed by atoms with Gasteiger partial charge in [0, 0.05) is 23.3 Å². The summed E-state index contributed by atoms with van der Waals surface area (Å²) in [6.07, 6.45) is -1.07. The minimum Gasteiger partial charge on any atom is -0.277 e. The van der Waals surface area contributed by atoms with Gasteiger partial charge in [0.1, 0.15) is 5.69 Å². The Hall–Kier alpha value is -2.37. The van der Waals surface area contributed by atoms with E-state index in [9.17, 15) is 13.2 Å². The summed E-state index contributed by atoms with van der Waals surface area (Å²) in [6.45, 7) is 0. The predicted octanol–water partition coefficient (Wildman–Crippen LogP) is 3.64. The molecule has 0 aliphatic heterocycles. The maximum absolute atomic E-state index is 12.5. The lowest BCUT2D eigenvalue weighted by Crippen LogP contribution is -2.04. The SMILES string of the molecule is FC(F)(F)c1ccc(-c2n[nH]c3ccncc23)cc1. The Morgan fingerprint density at radius 2 is 1.74 bits per heavy atom.